The SMILES string of the molecule is O=C(NC1CCCC1)[C@@H](c1ccc(F)cc1)N(C(=O)Cc1cccs1)c1ccc(Cl)cc1. The average Bonchev–Trinajstić information content (AvgIpc) is 3.48. The van der Waals surface area contributed by atoms with Crippen molar-refractivity contribution in [2.24, 2.45) is 0 Å². The van der Waals surface area contributed by atoms with E-state index in [1.54, 1.807) is 36.4 Å². The third kappa shape index (κ3) is 5.37. The van der Waals surface area contributed by atoms with Crippen LogP contribution < -0.4 is 10.2 Å². The van der Waals surface area contributed by atoms with Crippen LogP contribution in [0.4, 0.5) is 10.1 Å². The quantitative estimate of drug-likeness (QED) is 0.466. The van der Waals surface area contributed by atoms with Crippen LogP contribution in [0.3, 0.4) is 0 Å². The summed E-state index contributed by atoms with van der Waals surface area (Å²) in [5.74, 6) is -0.879. The molecule has 4 rings (SSSR count). The maximum atomic E-state index is 13.7. The fourth-order valence-electron chi connectivity index (χ4n) is 4.10. The molecule has 0 aliphatic heterocycles. The van der Waals surface area contributed by atoms with Gasteiger partial charge in [-0.2, -0.15) is 0 Å². The van der Waals surface area contributed by atoms with Crippen molar-refractivity contribution in [2.45, 2.75) is 44.2 Å². The first kappa shape index (κ1) is 22.5. The molecule has 4 nitrogen and oxygen atoms in total. The molecule has 0 radical (unpaired) electrons. The van der Waals surface area contributed by atoms with Crippen molar-refractivity contribution in [1.82, 2.24) is 5.32 Å². The monoisotopic (exact) mass is 470 g/mol. The van der Waals surface area contributed by atoms with E-state index in [-0.39, 0.29) is 24.3 Å². The molecule has 3 aromatic rings. The van der Waals surface area contributed by atoms with E-state index in [1.807, 2.05) is 17.5 Å². The van der Waals surface area contributed by atoms with Crippen molar-refractivity contribution in [2.75, 3.05) is 4.90 Å². The summed E-state index contributed by atoms with van der Waals surface area (Å²) in [6.07, 6.45) is 4.15. The minimum Gasteiger partial charge on any atom is -0.351 e. The van der Waals surface area contributed by atoms with E-state index in [2.05, 4.69) is 5.32 Å². The second kappa shape index (κ2) is 10.3. The summed E-state index contributed by atoms with van der Waals surface area (Å²) in [4.78, 5) is 29.5. The van der Waals surface area contributed by atoms with Crippen molar-refractivity contribution in [3.63, 3.8) is 0 Å². The molecule has 1 N–H and O–H groups in total. The highest BCUT2D eigenvalue weighted by Crippen LogP contribution is 2.31. The predicted molar refractivity (Wildman–Crippen MR) is 127 cm³/mol. The Morgan fingerprint density at radius 1 is 1.06 bits per heavy atom. The molecule has 1 heterocycles. The Hall–Kier alpha value is -2.70. The van der Waals surface area contributed by atoms with Gasteiger partial charge in [-0.15, -0.1) is 11.3 Å². The van der Waals surface area contributed by atoms with Gasteiger partial charge in [-0.25, -0.2) is 4.39 Å². The maximum Gasteiger partial charge on any atom is 0.248 e. The van der Waals surface area contributed by atoms with Gasteiger partial charge in [0.15, 0.2) is 0 Å². The van der Waals surface area contributed by atoms with Gasteiger partial charge in [0, 0.05) is 21.6 Å². The smallest absolute Gasteiger partial charge is 0.248 e. The fraction of sp³-hybridized carbons (Fsp3) is 0.280. The second-order valence-corrected chi connectivity index (χ2v) is 9.41. The number of carbonyl (C=O) groups excluding carboxylic acids is 2. The van der Waals surface area contributed by atoms with Gasteiger partial charge in [-0.3, -0.25) is 14.5 Å². The molecule has 0 spiro atoms. The number of rotatable bonds is 7. The van der Waals surface area contributed by atoms with Crippen molar-refractivity contribution in [3.8, 4) is 0 Å². The standard InChI is InChI=1S/C25H24ClFN2O2S/c26-18-9-13-21(14-10-18)29(23(30)16-22-6-3-15-32-22)24(17-7-11-19(27)12-8-17)25(31)28-20-4-1-2-5-20/h3,6-15,20,24H,1-2,4-5,16H2,(H,28,31)/t24-/m1/s1. The lowest BCUT2D eigenvalue weighted by Gasteiger charge is -2.32. The highest BCUT2D eigenvalue weighted by atomic mass is 35.5. The number of nitrogens with one attached hydrogen (secondary N) is 1. The molecular formula is C25H24ClFN2O2S. The summed E-state index contributed by atoms with van der Waals surface area (Å²) in [5.41, 5.74) is 1.11. The minimum atomic E-state index is -0.926. The molecular weight excluding hydrogens is 447 g/mol. The molecule has 2 amide bonds. The molecule has 1 aliphatic carbocycles. The van der Waals surface area contributed by atoms with Gasteiger partial charge in [0.05, 0.1) is 6.42 Å². The number of carbonyl (C=O) groups is 2. The Kier molecular flexibility index (Phi) is 7.22. The number of amides is 2. The number of benzene rings is 2. The van der Waals surface area contributed by atoms with Crippen LogP contribution in [0.1, 0.15) is 42.2 Å². The van der Waals surface area contributed by atoms with Gasteiger partial charge in [-0.05, 0) is 66.2 Å². The molecule has 166 valence electrons. The zero-order valence-corrected chi connectivity index (χ0v) is 19.0. The van der Waals surface area contributed by atoms with E-state index in [9.17, 15) is 14.0 Å². The molecule has 1 saturated carbocycles. The van der Waals surface area contributed by atoms with Gasteiger partial charge in [0.2, 0.25) is 11.8 Å². The molecule has 0 saturated heterocycles. The zero-order valence-electron chi connectivity index (χ0n) is 17.5. The Morgan fingerprint density at radius 2 is 1.75 bits per heavy atom. The van der Waals surface area contributed by atoms with Crippen LogP contribution in [0.25, 0.3) is 0 Å². The van der Waals surface area contributed by atoms with Crippen molar-refractivity contribution in [1.29, 1.82) is 0 Å². The molecule has 1 aliphatic rings. The first-order valence-corrected chi connectivity index (χ1v) is 11.9. The highest BCUT2D eigenvalue weighted by Gasteiger charge is 2.34. The van der Waals surface area contributed by atoms with E-state index in [4.69, 9.17) is 11.6 Å². The summed E-state index contributed by atoms with van der Waals surface area (Å²) in [7, 11) is 0. The largest absolute Gasteiger partial charge is 0.351 e. The van der Waals surface area contributed by atoms with Gasteiger partial charge >= 0.3 is 0 Å². The Balaban J connectivity index is 1.74. The Bertz CT molecular complexity index is 1050. The first-order chi connectivity index (χ1) is 15.5. The van der Waals surface area contributed by atoms with Crippen LogP contribution in [0.2, 0.25) is 5.02 Å². The predicted octanol–water partition coefficient (Wildman–Crippen LogP) is 5.92. The molecule has 1 atom stereocenters. The normalized spacial score (nSPS) is 14.8. The van der Waals surface area contributed by atoms with Crippen LogP contribution >= 0.6 is 22.9 Å². The Morgan fingerprint density at radius 3 is 2.38 bits per heavy atom. The third-order valence-corrected chi connectivity index (χ3v) is 6.80. The summed E-state index contributed by atoms with van der Waals surface area (Å²) in [5, 5.41) is 5.57. The lowest BCUT2D eigenvalue weighted by Crippen LogP contribution is -2.46. The number of anilines is 1. The van der Waals surface area contributed by atoms with E-state index >= 15 is 0 Å². The van der Waals surface area contributed by atoms with Crippen LogP contribution in [-0.4, -0.2) is 17.9 Å². The van der Waals surface area contributed by atoms with E-state index in [0.29, 0.717) is 16.3 Å². The number of hydrogen-bond donors (Lipinski definition) is 1. The van der Waals surface area contributed by atoms with Crippen molar-refractivity contribution >= 4 is 40.4 Å². The van der Waals surface area contributed by atoms with Crippen LogP contribution in [0, 0.1) is 5.82 Å². The average molecular weight is 471 g/mol. The number of halogens is 2. The van der Waals surface area contributed by atoms with Crippen LogP contribution in [0.5, 0.6) is 0 Å². The molecule has 0 bridgehead atoms. The van der Waals surface area contributed by atoms with Gasteiger partial charge in [0.1, 0.15) is 11.9 Å². The van der Waals surface area contributed by atoms with E-state index < -0.39 is 11.9 Å². The van der Waals surface area contributed by atoms with E-state index in [1.165, 1.54) is 28.4 Å². The zero-order chi connectivity index (χ0) is 22.5. The molecule has 32 heavy (non-hydrogen) atoms. The summed E-state index contributed by atoms with van der Waals surface area (Å²) in [6.45, 7) is 0. The van der Waals surface area contributed by atoms with Gasteiger partial charge in [-0.1, -0.05) is 42.6 Å². The Labute approximate surface area is 196 Å². The molecule has 1 aromatic heterocycles. The molecule has 7 heteroatoms. The lowest BCUT2D eigenvalue weighted by molar-refractivity contribution is -0.127. The molecule has 1 fully saturated rings. The minimum absolute atomic E-state index is 0.0879. The van der Waals surface area contributed by atoms with Crippen molar-refractivity contribution in [3.05, 3.63) is 87.3 Å². The number of nitrogens with zero attached hydrogens (tertiary/aromatic N) is 1. The van der Waals surface area contributed by atoms with Crippen LogP contribution in [0.15, 0.2) is 66.0 Å². The van der Waals surface area contributed by atoms with Gasteiger partial charge < -0.3 is 5.32 Å². The summed E-state index contributed by atoms with van der Waals surface area (Å²) >= 11 is 7.57. The topological polar surface area (TPSA) is 49.4 Å². The highest BCUT2D eigenvalue weighted by molar-refractivity contribution is 7.10. The van der Waals surface area contributed by atoms with Crippen LogP contribution in [-0.2, 0) is 16.0 Å². The fourth-order valence-corrected chi connectivity index (χ4v) is 4.92. The maximum absolute atomic E-state index is 13.7. The van der Waals surface area contributed by atoms with Crippen molar-refractivity contribution < 1.29 is 14.0 Å². The van der Waals surface area contributed by atoms with E-state index in [0.717, 1.165) is 30.6 Å². The summed E-state index contributed by atoms with van der Waals surface area (Å²) in [6, 6.07) is 15.6. The number of thiophene rings is 1. The third-order valence-electron chi connectivity index (χ3n) is 5.67. The summed E-state index contributed by atoms with van der Waals surface area (Å²) < 4.78 is 13.7. The first-order valence-electron chi connectivity index (χ1n) is 10.7. The van der Waals surface area contributed by atoms with Gasteiger partial charge in [0.25, 0.3) is 0 Å². The second-order valence-electron chi connectivity index (χ2n) is 7.94. The lowest BCUT2D eigenvalue weighted by atomic mass is 10.0. The molecule has 0 unspecified atom stereocenters. The number of hydrogen-bond acceptors (Lipinski definition) is 3. The molecule has 2 aromatic carbocycles.